The largest absolute Gasteiger partial charge is 0.367 e. The maximum Gasteiger partial charge on any atom is 0.169 e. The third-order valence-corrected chi connectivity index (χ3v) is 1.66. The molecule has 0 aliphatic heterocycles. The first-order valence-electron chi connectivity index (χ1n) is 4.35. The van der Waals surface area contributed by atoms with E-state index in [2.05, 4.69) is 24.3 Å². The fraction of sp³-hybridized carbons (Fsp3) is 0.667. The van der Waals surface area contributed by atoms with E-state index >= 15 is 0 Å². The predicted octanol–water partition coefficient (Wildman–Crippen LogP) is 2.44. The van der Waals surface area contributed by atoms with E-state index in [1.54, 1.807) is 0 Å². The number of hydrogen-bond donors (Lipinski definition) is 1. The molecule has 0 atom stereocenters. The molecule has 68 valence electrons. The normalized spacial score (nSPS) is 10.7. The number of nitrogens with zero attached hydrogens (tertiary/aromatic N) is 1. The Morgan fingerprint density at radius 2 is 2.33 bits per heavy atom. The maximum atomic E-state index is 4.91. The summed E-state index contributed by atoms with van der Waals surface area (Å²) in [6.45, 7) is 7.26. The van der Waals surface area contributed by atoms with Crippen LogP contribution in [-0.4, -0.2) is 11.7 Å². The average molecular weight is 168 g/mol. The molecule has 0 aromatic carbocycles. The first-order chi connectivity index (χ1) is 5.68. The smallest absolute Gasteiger partial charge is 0.169 e. The summed E-state index contributed by atoms with van der Waals surface area (Å²) < 4.78 is 4.91. The van der Waals surface area contributed by atoms with E-state index < -0.39 is 0 Å². The minimum Gasteiger partial charge on any atom is -0.367 e. The molecule has 0 saturated heterocycles. The number of nitrogens with one attached hydrogen (secondary N) is 1. The summed E-state index contributed by atoms with van der Waals surface area (Å²) >= 11 is 0. The standard InChI is InChI=1S/C9H16N2O/c1-7(2)4-5-10-9-6-8(3)12-11-9/h6-7H,4-5H2,1-3H3,(H,10,11). The Morgan fingerprint density at radius 1 is 1.58 bits per heavy atom. The zero-order valence-corrected chi connectivity index (χ0v) is 7.92. The van der Waals surface area contributed by atoms with Gasteiger partial charge in [0.05, 0.1) is 0 Å². The zero-order chi connectivity index (χ0) is 8.97. The van der Waals surface area contributed by atoms with Gasteiger partial charge in [0, 0.05) is 12.6 Å². The fourth-order valence-electron chi connectivity index (χ4n) is 0.939. The third kappa shape index (κ3) is 2.95. The van der Waals surface area contributed by atoms with E-state index in [-0.39, 0.29) is 0 Å². The lowest BCUT2D eigenvalue weighted by molar-refractivity contribution is 0.399. The number of rotatable bonds is 4. The van der Waals surface area contributed by atoms with Crippen LogP contribution in [0, 0.1) is 12.8 Å². The zero-order valence-electron chi connectivity index (χ0n) is 7.92. The second kappa shape index (κ2) is 4.14. The van der Waals surface area contributed by atoms with Crippen molar-refractivity contribution >= 4 is 5.82 Å². The summed E-state index contributed by atoms with van der Waals surface area (Å²) in [4.78, 5) is 0. The Morgan fingerprint density at radius 3 is 2.83 bits per heavy atom. The topological polar surface area (TPSA) is 38.1 Å². The molecule has 1 N–H and O–H groups in total. The molecule has 0 aliphatic rings. The Bertz CT molecular complexity index is 230. The van der Waals surface area contributed by atoms with Gasteiger partial charge >= 0.3 is 0 Å². The van der Waals surface area contributed by atoms with Crippen LogP contribution in [0.4, 0.5) is 5.82 Å². The van der Waals surface area contributed by atoms with Crippen molar-refractivity contribution in [2.24, 2.45) is 5.92 Å². The predicted molar refractivity (Wildman–Crippen MR) is 49.2 cm³/mol. The molecule has 1 aromatic rings. The molecule has 0 saturated carbocycles. The molecular formula is C9H16N2O. The van der Waals surface area contributed by atoms with Crippen LogP contribution in [0.25, 0.3) is 0 Å². The average Bonchev–Trinajstić information content (AvgIpc) is 2.35. The molecule has 0 spiro atoms. The van der Waals surface area contributed by atoms with Gasteiger partial charge < -0.3 is 9.84 Å². The summed E-state index contributed by atoms with van der Waals surface area (Å²) in [5.41, 5.74) is 0. The molecule has 0 bridgehead atoms. The highest BCUT2D eigenvalue weighted by molar-refractivity contribution is 5.32. The van der Waals surface area contributed by atoms with Crippen LogP contribution < -0.4 is 5.32 Å². The van der Waals surface area contributed by atoms with Gasteiger partial charge in [0.25, 0.3) is 0 Å². The van der Waals surface area contributed by atoms with Gasteiger partial charge in [-0.1, -0.05) is 19.0 Å². The Balaban J connectivity index is 2.24. The van der Waals surface area contributed by atoms with E-state index in [0.29, 0.717) is 0 Å². The van der Waals surface area contributed by atoms with Crippen LogP contribution in [0.15, 0.2) is 10.6 Å². The van der Waals surface area contributed by atoms with Crippen LogP contribution >= 0.6 is 0 Å². The van der Waals surface area contributed by atoms with Gasteiger partial charge in [-0.25, -0.2) is 0 Å². The highest BCUT2D eigenvalue weighted by atomic mass is 16.5. The quantitative estimate of drug-likeness (QED) is 0.750. The van der Waals surface area contributed by atoms with Crippen molar-refractivity contribution in [2.75, 3.05) is 11.9 Å². The van der Waals surface area contributed by atoms with Crippen LogP contribution in [0.5, 0.6) is 0 Å². The van der Waals surface area contributed by atoms with E-state index in [1.807, 2.05) is 13.0 Å². The summed E-state index contributed by atoms with van der Waals surface area (Å²) in [7, 11) is 0. The summed E-state index contributed by atoms with van der Waals surface area (Å²) in [6.07, 6.45) is 1.16. The Labute approximate surface area is 73.1 Å². The first kappa shape index (κ1) is 9.10. The number of hydrogen-bond acceptors (Lipinski definition) is 3. The lowest BCUT2D eigenvalue weighted by Crippen LogP contribution is -2.04. The fourth-order valence-corrected chi connectivity index (χ4v) is 0.939. The molecule has 1 rings (SSSR count). The summed E-state index contributed by atoms with van der Waals surface area (Å²) in [5.74, 6) is 2.42. The Kier molecular flexibility index (Phi) is 3.14. The monoisotopic (exact) mass is 168 g/mol. The lowest BCUT2D eigenvalue weighted by atomic mass is 10.1. The molecule has 3 heteroatoms. The molecule has 0 radical (unpaired) electrons. The van der Waals surface area contributed by atoms with E-state index in [0.717, 1.165) is 30.5 Å². The van der Waals surface area contributed by atoms with Crippen molar-refractivity contribution in [2.45, 2.75) is 27.2 Å². The van der Waals surface area contributed by atoms with Crippen LogP contribution in [-0.2, 0) is 0 Å². The van der Waals surface area contributed by atoms with Gasteiger partial charge in [0.1, 0.15) is 5.76 Å². The van der Waals surface area contributed by atoms with Crippen LogP contribution in [0.3, 0.4) is 0 Å². The van der Waals surface area contributed by atoms with E-state index in [4.69, 9.17) is 4.52 Å². The SMILES string of the molecule is Cc1cc(NCCC(C)C)no1. The van der Waals surface area contributed by atoms with Gasteiger partial charge in [0.2, 0.25) is 0 Å². The van der Waals surface area contributed by atoms with Crippen molar-refractivity contribution < 1.29 is 4.52 Å². The molecule has 1 heterocycles. The van der Waals surface area contributed by atoms with Crippen molar-refractivity contribution in [3.63, 3.8) is 0 Å². The lowest BCUT2D eigenvalue weighted by Gasteiger charge is -2.03. The molecule has 12 heavy (non-hydrogen) atoms. The first-order valence-corrected chi connectivity index (χ1v) is 4.35. The third-order valence-electron chi connectivity index (χ3n) is 1.66. The van der Waals surface area contributed by atoms with Gasteiger partial charge in [-0.2, -0.15) is 0 Å². The van der Waals surface area contributed by atoms with Crippen LogP contribution in [0.2, 0.25) is 0 Å². The maximum absolute atomic E-state index is 4.91. The van der Waals surface area contributed by atoms with Crippen molar-refractivity contribution in [3.8, 4) is 0 Å². The van der Waals surface area contributed by atoms with E-state index in [1.165, 1.54) is 0 Å². The van der Waals surface area contributed by atoms with Crippen molar-refractivity contribution in [1.82, 2.24) is 5.16 Å². The van der Waals surface area contributed by atoms with Gasteiger partial charge in [-0.15, -0.1) is 0 Å². The molecular weight excluding hydrogens is 152 g/mol. The van der Waals surface area contributed by atoms with E-state index in [9.17, 15) is 0 Å². The molecule has 0 unspecified atom stereocenters. The molecule has 0 amide bonds. The summed E-state index contributed by atoms with van der Waals surface area (Å²) in [5, 5.41) is 7.02. The molecule has 0 fully saturated rings. The second-order valence-corrected chi connectivity index (χ2v) is 3.43. The van der Waals surface area contributed by atoms with Crippen molar-refractivity contribution in [3.05, 3.63) is 11.8 Å². The number of aryl methyl sites for hydroxylation is 1. The second-order valence-electron chi connectivity index (χ2n) is 3.43. The summed E-state index contributed by atoms with van der Waals surface area (Å²) in [6, 6.07) is 1.90. The highest BCUT2D eigenvalue weighted by Crippen LogP contribution is 2.07. The molecule has 3 nitrogen and oxygen atoms in total. The Hall–Kier alpha value is -0.990. The molecule has 0 aliphatic carbocycles. The minimum atomic E-state index is 0.727. The minimum absolute atomic E-state index is 0.727. The highest BCUT2D eigenvalue weighted by Gasteiger charge is 1.98. The number of anilines is 1. The molecule has 1 aromatic heterocycles. The van der Waals surface area contributed by atoms with Gasteiger partial charge in [-0.3, -0.25) is 0 Å². The number of aromatic nitrogens is 1. The van der Waals surface area contributed by atoms with Crippen LogP contribution in [0.1, 0.15) is 26.0 Å². The van der Waals surface area contributed by atoms with Gasteiger partial charge in [0.15, 0.2) is 5.82 Å². The van der Waals surface area contributed by atoms with Crippen molar-refractivity contribution in [1.29, 1.82) is 0 Å². The van der Waals surface area contributed by atoms with Gasteiger partial charge in [-0.05, 0) is 19.3 Å².